The van der Waals surface area contributed by atoms with E-state index in [1.807, 2.05) is 32.9 Å². The minimum absolute atomic E-state index is 0.217. The zero-order valence-corrected chi connectivity index (χ0v) is 14.5. The molecule has 1 aromatic carbocycles. The van der Waals surface area contributed by atoms with Crippen LogP contribution in [0.15, 0.2) is 24.3 Å². The van der Waals surface area contributed by atoms with Gasteiger partial charge in [-0.1, -0.05) is 31.2 Å². The Labute approximate surface area is 138 Å². The van der Waals surface area contributed by atoms with Crippen LogP contribution in [0.4, 0.5) is 4.79 Å². The zero-order chi connectivity index (χ0) is 17.0. The summed E-state index contributed by atoms with van der Waals surface area (Å²) in [5, 5.41) is 0. The average Bonchev–Trinajstić information content (AvgIpc) is 2.52. The maximum absolute atomic E-state index is 12.5. The fourth-order valence-electron chi connectivity index (χ4n) is 2.67. The quantitative estimate of drug-likeness (QED) is 0.930. The molecule has 2 rings (SSSR count). The van der Waals surface area contributed by atoms with Gasteiger partial charge in [-0.2, -0.15) is 0 Å². The molecule has 0 aliphatic carbocycles. The SMILES string of the molecule is CCc1ccc(C(N)C2COCCN2C(=O)OC(C)(C)C)cc1. The third-order valence-electron chi connectivity index (χ3n) is 3.98. The molecule has 2 atom stereocenters. The first-order chi connectivity index (χ1) is 10.8. The van der Waals surface area contributed by atoms with E-state index in [1.165, 1.54) is 5.56 Å². The van der Waals surface area contributed by atoms with Crippen LogP contribution in [0.25, 0.3) is 0 Å². The van der Waals surface area contributed by atoms with E-state index >= 15 is 0 Å². The van der Waals surface area contributed by atoms with Crippen LogP contribution in [0.5, 0.6) is 0 Å². The maximum Gasteiger partial charge on any atom is 0.410 e. The highest BCUT2D eigenvalue weighted by molar-refractivity contribution is 5.69. The van der Waals surface area contributed by atoms with Crippen LogP contribution in [0.2, 0.25) is 0 Å². The Morgan fingerprint density at radius 3 is 2.61 bits per heavy atom. The van der Waals surface area contributed by atoms with Crippen molar-refractivity contribution in [3.05, 3.63) is 35.4 Å². The van der Waals surface area contributed by atoms with Crippen molar-refractivity contribution in [2.24, 2.45) is 5.73 Å². The van der Waals surface area contributed by atoms with E-state index in [0.717, 1.165) is 12.0 Å². The summed E-state index contributed by atoms with van der Waals surface area (Å²) >= 11 is 0. The molecule has 0 saturated carbocycles. The lowest BCUT2D eigenvalue weighted by atomic mass is 9.97. The minimum atomic E-state index is -0.521. The van der Waals surface area contributed by atoms with Gasteiger partial charge in [0.2, 0.25) is 0 Å². The van der Waals surface area contributed by atoms with Crippen molar-refractivity contribution >= 4 is 6.09 Å². The molecule has 5 heteroatoms. The van der Waals surface area contributed by atoms with E-state index < -0.39 is 5.60 Å². The van der Waals surface area contributed by atoms with Crippen molar-refractivity contribution in [1.82, 2.24) is 4.90 Å². The molecule has 0 bridgehead atoms. The molecule has 2 unspecified atom stereocenters. The van der Waals surface area contributed by atoms with Crippen molar-refractivity contribution in [2.75, 3.05) is 19.8 Å². The number of hydrogen-bond acceptors (Lipinski definition) is 4. The number of ether oxygens (including phenoxy) is 2. The summed E-state index contributed by atoms with van der Waals surface area (Å²) in [5.41, 5.74) is 8.18. The Morgan fingerprint density at radius 2 is 2.04 bits per heavy atom. The number of carbonyl (C=O) groups is 1. The highest BCUT2D eigenvalue weighted by Crippen LogP contribution is 2.24. The molecule has 1 fully saturated rings. The molecule has 1 saturated heterocycles. The van der Waals surface area contributed by atoms with Crippen molar-refractivity contribution in [2.45, 2.75) is 51.8 Å². The normalized spacial score (nSPS) is 20.2. The summed E-state index contributed by atoms with van der Waals surface area (Å²) in [7, 11) is 0. The van der Waals surface area contributed by atoms with Crippen LogP contribution in [0.3, 0.4) is 0 Å². The van der Waals surface area contributed by atoms with Gasteiger partial charge in [-0.25, -0.2) is 4.79 Å². The molecule has 1 heterocycles. The smallest absolute Gasteiger partial charge is 0.410 e. The lowest BCUT2D eigenvalue weighted by Gasteiger charge is -2.39. The molecular weight excluding hydrogens is 292 g/mol. The number of amides is 1. The van der Waals surface area contributed by atoms with Crippen molar-refractivity contribution in [3.8, 4) is 0 Å². The van der Waals surface area contributed by atoms with E-state index in [1.54, 1.807) is 4.90 Å². The van der Waals surface area contributed by atoms with E-state index in [4.69, 9.17) is 15.2 Å². The molecule has 0 aromatic heterocycles. The fourth-order valence-corrected chi connectivity index (χ4v) is 2.67. The Morgan fingerprint density at radius 1 is 1.39 bits per heavy atom. The standard InChI is InChI=1S/C18H28N2O3/c1-5-13-6-8-14(9-7-13)16(19)15-12-22-11-10-20(15)17(21)23-18(2,3)4/h6-9,15-16H,5,10-12,19H2,1-4H3. The Hall–Kier alpha value is -1.59. The van der Waals surface area contributed by atoms with Gasteiger partial charge in [0.1, 0.15) is 5.60 Å². The van der Waals surface area contributed by atoms with Crippen molar-refractivity contribution < 1.29 is 14.3 Å². The first-order valence-electron chi connectivity index (χ1n) is 8.23. The predicted molar refractivity (Wildman–Crippen MR) is 90.3 cm³/mol. The van der Waals surface area contributed by atoms with E-state index in [9.17, 15) is 4.79 Å². The van der Waals surface area contributed by atoms with Gasteiger partial charge in [-0.15, -0.1) is 0 Å². The number of benzene rings is 1. The van der Waals surface area contributed by atoms with Gasteiger partial charge in [0.05, 0.1) is 25.3 Å². The zero-order valence-electron chi connectivity index (χ0n) is 14.5. The molecule has 1 aliphatic rings. The van der Waals surface area contributed by atoms with Crippen LogP contribution >= 0.6 is 0 Å². The summed E-state index contributed by atoms with van der Waals surface area (Å²) in [6.45, 7) is 9.15. The summed E-state index contributed by atoms with van der Waals surface area (Å²) in [6.07, 6.45) is 0.665. The van der Waals surface area contributed by atoms with Crippen LogP contribution < -0.4 is 5.73 Å². The molecule has 128 valence electrons. The second-order valence-corrected chi connectivity index (χ2v) is 6.94. The largest absolute Gasteiger partial charge is 0.444 e. The van der Waals surface area contributed by atoms with Crippen molar-refractivity contribution in [1.29, 1.82) is 0 Å². The van der Waals surface area contributed by atoms with Gasteiger partial charge < -0.3 is 15.2 Å². The minimum Gasteiger partial charge on any atom is -0.444 e. The average molecular weight is 320 g/mol. The fraction of sp³-hybridized carbons (Fsp3) is 0.611. The van der Waals surface area contributed by atoms with Gasteiger partial charge in [0.25, 0.3) is 0 Å². The lowest BCUT2D eigenvalue weighted by molar-refractivity contribution is -0.0382. The molecule has 0 spiro atoms. The molecule has 23 heavy (non-hydrogen) atoms. The number of nitrogens with two attached hydrogens (primary N) is 1. The predicted octanol–water partition coefficient (Wildman–Crippen LogP) is 2.88. The lowest BCUT2D eigenvalue weighted by Crippen LogP contribution is -2.54. The Balaban J connectivity index is 2.14. The highest BCUT2D eigenvalue weighted by atomic mass is 16.6. The number of rotatable bonds is 3. The van der Waals surface area contributed by atoms with Gasteiger partial charge >= 0.3 is 6.09 Å². The summed E-state index contributed by atoms with van der Waals surface area (Å²) in [4.78, 5) is 14.2. The first kappa shape index (κ1) is 17.8. The number of carbonyl (C=O) groups excluding carboxylic acids is 1. The monoisotopic (exact) mass is 320 g/mol. The second-order valence-electron chi connectivity index (χ2n) is 6.94. The highest BCUT2D eigenvalue weighted by Gasteiger charge is 2.35. The number of nitrogens with zero attached hydrogens (tertiary/aromatic N) is 1. The summed E-state index contributed by atoms with van der Waals surface area (Å²) < 4.78 is 11.1. The molecule has 2 N–H and O–H groups in total. The number of aryl methyl sites for hydroxylation is 1. The van der Waals surface area contributed by atoms with E-state index in [0.29, 0.717) is 19.8 Å². The number of hydrogen-bond donors (Lipinski definition) is 1. The Kier molecular flexibility index (Phi) is 5.65. The molecule has 1 amide bonds. The molecule has 1 aliphatic heterocycles. The number of morpholine rings is 1. The van der Waals surface area contributed by atoms with Crippen LogP contribution in [-0.4, -0.2) is 42.4 Å². The molecule has 5 nitrogen and oxygen atoms in total. The van der Waals surface area contributed by atoms with E-state index in [-0.39, 0.29) is 18.2 Å². The maximum atomic E-state index is 12.5. The third-order valence-corrected chi connectivity index (χ3v) is 3.98. The third kappa shape index (κ3) is 4.69. The Bertz CT molecular complexity index is 522. The van der Waals surface area contributed by atoms with Gasteiger partial charge in [0.15, 0.2) is 0 Å². The van der Waals surface area contributed by atoms with Crippen LogP contribution in [0, 0.1) is 0 Å². The summed E-state index contributed by atoms with van der Waals surface area (Å²) in [6, 6.07) is 7.71. The van der Waals surface area contributed by atoms with Crippen LogP contribution in [0.1, 0.15) is 44.9 Å². The second kappa shape index (κ2) is 7.32. The van der Waals surface area contributed by atoms with Crippen molar-refractivity contribution in [3.63, 3.8) is 0 Å². The van der Waals surface area contributed by atoms with E-state index in [2.05, 4.69) is 19.1 Å². The first-order valence-corrected chi connectivity index (χ1v) is 8.23. The molecular formula is C18H28N2O3. The molecule has 1 aromatic rings. The van der Waals surface area contributed by atoms with Gasteiger partial charge in [-0.05, 0) is 38.3 Å². The topological polar surface area (TPSA) is 64.8 Å². The van der Waals surface area contributed by atoms with Crippen LogP contribution in [-0.2, 0) is 15.9 Å². The van der Waals surface area contributed by atoms with Gasteiger partial charge in [-0.3, -0.25) is 4.90 Å². The van der Waals surface area contributed by atoms with Gasteiger partial charge in [0, 0.05) is 6.54 Å². The molecule has 0 radical (unpaired) electrons. The summed E-state index contributed by atoms with van der Waals surface area (Å²) in [5.74, 6) is 0.